The monoisotopic (exact) mass is 259 g/mol. The lowest BCUT2D eigenvalue weighted by molar-refractivity contribution is -0.138. The van der Waals surface area contributed by atoms with Crippen molar-refractivity contribution in [1.29, 1.82) is 0 Å². The van der Waals surface area contributed by atoms with Crippen LogP contribution in [-0.4, -0.2) is 5.91 Å². The van der Waals surface area contributed by atoms with Crippen LogP contribution in [0, 0.1) is 12.3 Å². The molecule has 100 valence electrons. The van der Waals surface area contributed by atoms with Gasteiger partial charge in [-0.3, -0.25) is 4.79 Å². The van der Waals surface area contributed by atoms with E-state index in [0.29, 0.717) is 0 Å². The number of hydrogen-bond acceptors (Lipinski definition) is 1. The number of nitrogens with one attached hydrogen (secondary N) is 1. The molecular weight excluding hydrogens is 243 g/mol. The van der Waals surface area contributed by atoms with Gasteiger partial charge in [0, 0.05) is 11.1 Å². The van der Waals surface area contributed by atoms with Crippen LogP contribution < -0.4 is 5.32 Å². The van der Waals surface area contributed by atoms with Crippen LogP contribution in [0.1, 0.15) is 31.9 Å². The molecule has 0 saturated carbocycles. The summed E-state index contributed by atoms with van der Waals surface area (Å²) < 4.78 is 38.1. The second-order valence-corrected chi connectivity index (χ2v) is 5.18. The highest BCUT2D eigenvalue weighted by atomic mass is 19.4. The number of alkyl halides is 3. The van der Waals surface area contributed by atoms with Crippen LogP contribution in [0.4, 0.5) is 18.9 Å². The Hall–Kier alpha value is -1.52. The maximum atomic E-state index is 12.7. The van der Waals surface area contributed by atoms with Gasteiger partial charge in [-0.15, -0.1) is 0 Å². The summed E-state index contributed by atoms with van der Waals surface area (Å²) in [6.45, 7) is 6.45. The minimum atomic E-state index is -4.41. The maximum absolute atomic E-state index is 12.7. The Morgan fingerprint density at radius 1 is 1.17 bits per heavy atom. The van der Waals surface area contributed by atoms with Crippen molar-refractivity contribution in [3.8, 4) is 0 Å². The van der Waals surface area contributed by atoms with Crippen molar-refractivity contribution in [2.24, 2.45) is 5.41 Å². The molecule has 18 heavy (non-hydrogen) atoms. The number of carbonyl (C=O) groups excluding carboxylic acids is 1. The van der Waals surface area contributed by atoms with Crippen molar-refractivity contribution in [1.82, 2.24) is 0 Å². The Morgan fingerprint density at radius 2 is 1.72 bits per heavy atom. The van der Waals surface area contributed by atoms with Gasteiger partial charge < -0.3 is 5.32 Å². The molecule has 0 unspecified atom stereocenters. The Morgan fingerprint density at radius 3 is 2.17 bits per heavy atom. The van der Waals surface area contributed by atoms with Crippen LogP contribution in [-0.2, 0) is 11.0 Å². The Kier molecular flexibility index (Phi) is 3.74. The first-order valence-corrected chi connectivity index (χ1v) is 5.52. The zero-order valence-corrected chi connectivity index (χ0v) is 10.8. The van der Waals surface area contributed by atoms with Crippen LogP contribution in [0.5, 0.6) is 0 Å². The predicted octanol–water partition coefficient (Wildman–Crippen LogP) is 4.00. The molecule has 5 heteroatoms. The number of rotatable bonds is 1. The zero-order valence-electron chi connectivity index (χ0n) is 10.8. The lowest BCUT2D eigenvalue weighted by Crippen LogP contribution is -2.28. The van der Waals surface area contributed by atoms with Crippen molar-refractivity contribution >= 4 is 11.6 Å². The molecule has 0 aromatic heterocycles. The molecule has 1 rings (SSSR count). The number of carbonyl (C=O) groups is 1. The quantitative estimate of drug-likeness (QED) is 0.811. The molecule has 2 nitrogen and oxygen atoms in total. The van der Waals surface area contributed by atoms with Gasteiger partial charge in [-0.05, 0) is 24.6 Å². The average Bonchev–Trinajstić information content (AvgIpc) is 2.17. The molecule has 0 aliphatic rings. The van der Waals surface area contributed by atoms with Crippen LogP contribution >= 0.6 is 0 Å². The molecule has 1 aromatic carbocycles. The third-order valence-corrected chi connectivity index (χ3v) is 2.57. The molecular formula is C13H16F3NO. The van der Waals surface area contributed by atoms with Gasteiger partial charge >= 0.3 is 6.18 Å². The van der Waals surface area contributed by atoms with Gasteiger partial charge in [-0.2, -0.15) is 13.2 Å². The molecule has 1 N–H and O–H groups in total. The summed E-state index contributed by atoms with van der Waals surface area (Å²) in [5, 5.41) is 2.52. The van der Waals surface area contributed by atoms with E-state index in [1.165, 1.54) is 19.1 Å². The van der Waals surface area contributed by atoms with Gasteiger partial charge in [0.05, 0.1) is 5.56 Å². The first-order valence-electron chi connectivity index (χ1n) is 5.52. The van der Waals surface area contributed by atoms with Crippen molar-refractivity contribution in [2.45, 2.75) is 33.9 Å². The van der Waals surface area contributed by atoms with E-state index in [1.54, 1.807) is 20.8 Å². The zero-order chi connectivity index (χ0) is 14.1. The minimum Gasteiger partial charge on any atom is -0.325 e. The van der Waals surface area contributed by atoms with Crippen molar-refractivity contribution in [2.75, 3.05) is 5.32 Å². The van der Waals surface area contributed by atoms with E-state index >= 15 is 0 Å². The largest absolute Gasteiger partial charge is 0.416 e. The van der Waals surface area contributed by atoms with Gasteiger partial charge in [0.1, 0.15) is 0 Å². The molecule has 0 bridgehead atoms. The second-order valence-electron chi connectivity index (χ2n) is 5.18. The van der Waals surface area contributed by atoms with Crippen LogP contribution in [0.15, 0.2) is 18.2 Å². The molecule has 0 aliphatic carbocycles. The van der Waals surface area contributed by atoms with E-state index in [9.17, 15) is 18.0 Å². The van der Waals surface area contributed by atoms with E-state index in [1.807, 2.05) is 0 Å². The first-order chi connectivity index (χ1) is 8.03. The fraction of sp³-hybridized carbons (Fsp3) is 0.462. The van der Waals surface area contributed by atoms with Gasteiger partial charge in [0.2, 0.25) is 5.91 Å². The standard InChI is InChI=1S/C13H16F3NO/c1-8-9(13(14,15)16)6-5-7-10(8)17-11(18)12(2,3)4/h5-7H,1-4H3,(H,17,18). The topological polar surface area (TPSA) is 29.1 Å². The van der Waals surface area contributed by atoms with Gasteiger partial charge in [0.15, 0.2) is 0 Å². The Bertz CT molecular complexity index is 458. The van der Waals surface area contributed by atoms with Crippen LogP contribution in [0.2, 0.25) is 0 Å². The van der Waals surface area contributed by atoms with Gasteiger partial charge in [0.25, 0.3) is 0 Å². The van der Waals surface area contributed by atoms with Crippen molar-refractivity contribution in [3.05, 3.63) is 29.3 Å². The summed E-state index contributed by atoms with van der Waals surface area (Å²) in [4.78, 5) is 11.8. The third kappa shape index (κ3) is 3.24. The summed E-state index contributed by atoms with van der Waals surface area (Å²) in [6.07, 6.45) is -4.41. The SMILES string of the molecule is Cc1c(NC(=O)C(C)(C)C)cccc1C(F)(F)F. The van der Waals surface area contributed by atoms with E-state index in [4.69, 9.17) is 0 Å². The smallest absolute Gasteiger partial charge is 0.325 e. The number of amides is 1. The molecule has 0 aliphatic heterocycles. The highest BCUT2D eigenvalue weighted by molar-refractivity contribution is 5.95. The highest BCUT2D eigenvalue weighted by Crippen LogP contribution is 2.34. The van der Waals surface area contributed by atoms with Gasteiger partial charge in [-0.1, -0.05) is 26.8 Å². The summed E-state index contributed by atoms with van der Waals surface area (Å²) in [7, 11) is 0. The average molecular weight is 259 g/mol. The fourth-order valence-corrected chi connectivity index (χ4v) is 1.39. The highest BCUT2D eigenvalue weighted by Gasteiger charge is 2.33. The number of hydrogen-bond donors (Lipinski definition) is 1. The fourth-order valence-electron chi connectivity index (χ4n) is 1.39. The third-order valence-electron chi connectivity index (χ3n) is 2.57. The molecule has 1 aromatic rings. The summed E-state index contributed by atoms with van der Waals surface area (Å²) in [6, 6.07) is 3.75. The van der Waals surface area contributed by atoms with Crippen LogP contribution in [0.3, 0.4) is 0 Å². The van der Waals surface area contributed by atoms with Crippen molar-refractivity contribution < 1.29 is 18.0 Å². The van der Waals surface area contributed by atoms with E-state index in [-0.39, 0.29) is 17.2 Å². The molecule has 0 atom stereocenters. The van der Waals surface area contributed by atoms with E-state index < -0.39 is 17.2 Å². The number of halogens is 3. The van der Waals surface area contributed by atoms with Crippen molar-refractivity contribution in [3.63, 3.8) is 0 Å². The van der Waals surface area contributed by atoms with E-state index in [0.717, 1.165) is 6.07 Å². The van der Waals surface area contributed by atoms with Gasteiger partial charge in [-0.25, -0.2) is 0 Å². The molecule has 0 saturated heterocycles. The number of anilines is 1. The normalized spacial score (nSPS) is 12.4. The predicted molar refractivity (Wildman–Crippen MR) is 64.3 cm³/mol. The lowest BCUT2D eigenvalue weighted by Gasteiger charge is -2.20. The summed E-state index contributed by atoms with van der Waals surface area (Å²) in [5.41, 5.74) is -1.15. The van der Waals surface area contributed by atoms with E-state index in [2.05, 4.69) is 5.32 Å². The summed E-state index contributed by atoms with van der Waals surface area (Å²) in [5.74, 6) is -0.315. The molecule has 1 amide bonds. The molecule has 0 spiro atoms. The maximum Gasteiger partial charge on any atom is 0.416 e. The lowest BCUT2D eigenvalue weighted by atomic mass is 9.95. The Labute approximate surface area is 104 Å². The number of benzene rings is 1. The molecule has 0 fully saturated rings. The molecule has 0 heterocycles. The first kappa shape index (κ1) is 14.5. The molecule has 0 radical (unpaired) electrons. The Balaban J connectivity index is 3.10. The minimum absolute atomic E-state index is 0.0302. The second kappa shape index (κ2) is 4.63. The summed E-state index contributed by atoms with van der Waals surface area (Å²) >= 11 is 0. The van der Waals surface area contributed by atoms with Crippen LogP contribution in [0.25, 0.3) is 0 Å².